The number of carbonyl (C=O) groups excluding carboxylic acids is 1. The Balaban J connectivity index is 2.03. The molecule has 0 saturated carbocycles. The first-order valence-corrected chi connectivity index (χ1v) is 7.41. The minimum absolute atomic E-state index is 0.0969. The number of methoxy groups -OCH3 is 2. The molecule has 2 aromatic carbocycles. The highest BCUT2D eigenvalue weighted by Crippen LogP contribution is 2.31. The lowest BCUT2D eigenvalue weighted by Crippen LogP contribution is -2.20. The van der Waals surface area contributed by atoms with Crippen molar-refractivity contribution in [2.24, 2.45) is 0 Å². The fraction of sp³-hybridized carbons (Fsp3) is 0.188. The van der Waals surface area contributed by atoms with Crippen molar-refractivity contribution in [3.05, 3.63) is 51.5 Å². The molecule has 2 rings (SSSR count). The molecule has 8 nitrogen and oxygen atoms in total. The number of hydrogen-bond donors (Lipinski definition) is 1. The summed E-state index contributed by atoms with van der Waals surface area (Å²) in [6, 6.07) is 8.64. The number of nitrogens with one attached hydrogen (secondary N) is 1. The summed E-state index contributed by atoms with van der Waals surface area (Å²) in [7, 11) is 2.88. The van der Waals surface area contributed by atoms with Crippen LogP contribution in [0.5, 0.6) is 17.2 Å². The molecule has 0 saturated heterocycles. The third-order valence-electron chi connectivity index (χ3n) is 3.15. The minimum atomic E-state index is -0.564. The predicted molar refractivity (Wildman–Crippen MR) is 91.8 cm³/mol. The van der Waals surface area contributed by atoms with E-state index in [1.165, 1.54) is 38.5 Å². The molecule has 0 aliphatic carbocycles. The number of non-ortho nitro benzene ring substituents is 1. The van der Waals surface area contributed by atoms with Crippen molar-refractivity contribution in [3.8, 4) is 17.2 Å². The highest BCUT2D eigenvalue weighted by Gasteiger charge is 2.14. The van der Waals surface area contributed by atoms with Crippen LogP contribution in [0.15, 0.2) is 36.4 Å². The van der Waals surface area contributed by atoms with E-state index in [0.717, 1.165) is 0 Å². The fourth-order valence-electron chi connectivity index (χ4n) is 1.98. The third kappa shape index (κ3) is 4.74. The van der Waals surface area contributed by atoms with Crippen LogP contribution in [0, 0.1) is 10.1 Å². The van der Waals surface area contributed by atoms with Gasteiger partial charge in [0.25, 0.3) is 11.6 Å². The number of carbonyl (C=O) groups is 1. The Morgan fingerprint density at radius 2 is 1.80 bits per heavy atom. The number of nitro groups is 1. The summed E-state index contributed by atoms with van der Waals surface area (Å²) in [5.41, 5.74) is 0.295. The Labute approximate surface area is 148 Å². The predicted octanol–water partition coefficient (Wildman–Crippen LogP) is 3.28. The molecule has 0 bridgehead atoms. The number of nitrogens with zero attached hydrogens (tertiary/aromatic N) is 1. The number of nitro benzene ring substituents is 1. The summed E-state index contributed by atoms with van der Waals surface area (Å²) in [6.45, 7) is -0.360. The Morgan fingerprint density at radius 1 is 1.12 bits per heavy atom. The van der Waals surface area contributed by atoms with Crippen LogP contribution in [0.25, 0.3) is 0 Å². The van der Waals surface area contributed by atoms with E-state index >= 15 is 0 Å². The summed E-state index contributed by atoms with van der Waals surface area (Å²) >= 11 is 5.98. The van der Waals surface area contributed by atoms with Gasteiger partial charge >= 0.3 is 0 Å². The highest BCUT2D eigenvalue weighted by molar-refractivity contribution is 6.32. The second kappa shape index (κ2) is 8.20. The van der Waals surface area contributed by atoms with E-state index in [1.807, 2.05) is 0 Å². The first-order chi connectivity index (χ1) is 11.9. The van der Waals surface area contributed by atoms with Crippen molar-refractivity contribution >= 4 is 28.9 Å². The molecule has 0 spiro atoms. The standard InChI is InChI=1S/C16H15ClN2O6/c1-23-13-5-3-10(7-12(13)17)18-16(20)9-25-15-8-11(19(21)22)4-6-14(15)24-2/h3-8H,9H2,1-2H3,(H,18,20). The van der Waals surface area contributed by atoms with Gasteiger partial charge in [-0.3, -0.25) is 14.9 Å². The molecular formula is C16H15ClN2O6. The zero-order valence-electron chi connectivity index (χ0n) is 13.4. The van der Waals surface area contributed by atoms with E-state index in [-0.39, 0.29) is 23.8 Å². The lowest BCUT2D eigenvalue weighted by molar-refractivity contribution is -0.385. The monoisotopic (exact) mass is 366 g/mol. The van der Waals surface area contributed by atoms with Crippen molar-refractivity contribution in [1.82, 2.24) is 0 Å². The van der Waals surface area contributed by atoms with Gasteiger partial charge in [-0.1, -0.05) is 11.6 Å². The molecule has 0 fully saturated rings. The molecule has 25 heavy (non-hydrogen) atoms. The Morgan fingerprint density at radius 3 is 2.40 bits per heavy atom. The van der Waals surface area contributed by atoms with E-state index in [9.17, 15) is 14.9 Å². The summed E-state index contributed by atoms with van der Waals surface area (Å²) in [5.74, 6) is 0.401. The lowest BCUT2D eigenvalue weighted by atomic mass is 10.3. The maximum absolute atomic E-state index is 12.0. The average Bonchev–Trinajstić information content (AvgIpc) is 2.59. The number of hydrogen-bond acceptors (Lipinski definition) is 6. The maximum Gasteiger partial charge on any atom is 0.273 e. The van der Waals surface area contributed by atoms with Gasteiger partial charge in [0.2, 0.25) is 0 Å². The number of anilines is 1. The fourth-order valence-corrected chi connectivity index (χ4v) is 2.23. The molecule has 0 heterocycles. The zero-order valence-corrected chi connectivity index (χ0v) is 14.2. The first kappa shape index (κ1) is 18.3. The van der Waals surface area contributed by atoms with E-state index < -0.39 is 10.8 Å². The first-order valence-electron chi connectivity index (χ1n) is 7.03. The van der Waals surface area contributed by atoms with Crippen LogP contribution in [0.1, 0.15) is 0 Å². The Hall–Kier alpha value is -3.00. The van der Waals surface area contributed by atoms with E-state index in [2.05, 4.69) is 5.32 Å². The van der Waals surface area contributed by atoms with Crippen LogP contribution < -0.4 is 19.5 Å². The topological polar surface area (TPSA) is 99.9 Å². The number of ether oxygens (including phenoxy) is 3. The van der Waals surface area contributed by atoms with E-state index in [1.54, 1.807) is 12.1 Å². The zero-order chi connectivity index (χ0) is 18.4. The molecule has 0 radical (unpaired) electrons. The molecule has 1 N–H and O–H groups in total. The van der Waals surface area contributed by atoms with Crippen LogP contribution >= 0.6 is 11.6 Å². The number of benzene rings is 2. The molecule has 2 aromatic rings. The lowest BCUT2D eigenvalue weighted by Gasteiger charge is -2.11. The van der Waals surface area contributed by atoms with Crippen molar-refractivity contribution in [3.63, 3.8) is 0 Å². The van der Waals surface area contributed by atoms with Gasteiger partial charge < -0.3 is 19.5 Å². The maximum atomic E-state index is 12.0. The second-order valence-electron chi connectivity index (χ2n) is 4.78. The van der Waals surface area contributed by atoms with E-state index in [4.69, 9.17) is 25.8 Å². The molecule has 0 atom stereocenters. The van der Waals surface area contributed by atoms with Crippen molar-refractivity contribution in [2.45, 2.75) is 0 Å². The van der Waals surface area contributed by atoms with Crippen LogP contribution in [-0.4, -0.2) is 31.7 Å². The van der Waals surface area contributed by atoms with Crippen molar-refractivity contribution in [2.75, 3.05) is 26.1 Å². The number of amides is 1. The molecule has 0 aliphatic rings. The van der Waals surface area contributed by atoms with Crippen LogP contribution in [0.2, 0.25) is 5.02 Å². The number of halogens is 1. The van der Waals surface area contributed by atoms with Gasteiger partial charge in [-0.05, 0) is 24.3 Å². The molecule has 0 aliphatic heterocycles. The molecule has 0 unspecified atom stereocenters. The van der Waals surface area contributed by atoms with Gasteiger partial charge in [0.05, 0.1) is 30.2 Å². The molecule has 132 valence electrons. The summed E-state index contributed by atoms with van der Waals surface area (Å²) in [6.07, 6.45) is 0. The van der Waals surface area contributed by atoms with Gasteiger partial charge in [0, 0.05) is 11.8 Å². The van der Waals surface area contributed by atoms with Crippen molar-refractivity contribution in [1.29, 1.82) is 0 Å². The summed E-state index contributed by atoms with van der Waals surface area (Å²) in [5, 5.41) is 13.8. The molecule has 0 aromatic heterocycles. The summed E-state index contributed by atoms with van der Waals surface area (Å²) < 4.78 is 15.4. The van der Waals surface area contributed by atoms with Gasteiger partial charge in [0.15, 0.2) is 18.1 Å². The molecular weight excluding hydrogens is 352 g/mol. The van der Waals surface area contributed by atoms with Crippen LogP contribution in [0.4, 0.5) is 11.4 Å². The van der Waals surface area contributed by atoms with E-state index in [0.29, 0.717) is 16.5 Å². The van der Waals surface area contributed by atoms with Crippen LogP contribution in [-0.2, 0) is 4.79 Å². The minimum Gasteiger partial charge on any atom is -0.495 e. The Kier molecular flexibility index (Phi) is 6.02. The van der Waals surface area contributed by atoms with Gasteiger partial charge in [-0.25, -0.2) is 0 Å². The van der Waals surface area contributed by atoms with Crippen LogP contribution in [0.3, 0.4) is 0 Å². The molecule has 9 heteroatoms. The largest absolute Gasteiger partial charge is 0.495 e. The van der Waals surface area contributed by atoms with Crippen molar-refractivity contribution < 1.29 is 23.9 Å². The smallest absolute Gasteiger partial charge is 0.273 e. The average molecular weight is 367 g/mol. The Bertz CT molecular complexity index is 796. The quantitative estimate of drug-likeness (QED) is 0.596. The summed E-state index contributed by atoms with van der Waals surface area (Å²) in [4.78, 5) is 22.2. The normalized spacial score (nSPS) is 10.0. The van der Waals surface area contributed by atoms with Gasteiger partial charge in [0.1, 0.15) is 5.75 Å². The highest BCUT2D eigenvalue weighted by atomic mass is 35.5. The SMILES string of the molecule is COc1ccc(NC(=O)COc2cc([N+](=O)[O-])ccc2OC)cc1Cl. The van der Waals surface area contributed by atoms with Gasteiger partial charge in [-0.2, -0.15) is 0 Å². The molecule has 1 amide bonds. The number of rotatable bonds is 7. The second-order valence-corrected chi connectivity index (χ2v) is 5.19. The van der Waals surface area contributed by atoms with Gasteiger partial charge in [-0.15, -0.1) is 0 Å². The third-order valence-corrected chi connectivity index (χ3v) is 3.45.